The number of nitriles is 1. The van der Waals surface area contributed by atoms with E-state index in [0.717, 1.165) is 28.2 Å². The lowest BCUT2D eigenvalue weighted by molar-refractivity contribution is -0.134. The molecular weight excluding hydrogens is 380 g/mol. The van der Waals surface area contributed by atoms with E-state index >= 15 is 0 Å². The van der Waals surface area contributed by atoms with Crippen molar-refractivity contribution in [1.29, 1.82) is 5.26 Å². The lowest BCUT2D eigenvalue weighted by Gasteiger charge is -2.40. The molecule has 1 aromatic heterocycles. The second-order valence-electron chi connectivity index (χ2n) is 7.33. The lowest BCUT2D eigenvalue weighted by Crippen LogP contribution is -2.54. The zero-order valence-corrected chi connectivity index (χ0v) is 16.6. The predicted molar refractivity (Wildman–Crippen MR) is 107 cm³/mol. The standard InChI is InChI=1S/C20H19ClN4OS/c1-20(17(12-3-4-12)18(26)25(2)19(23)24-20)16-6-5-15(27-16)13-7-11(10-22)8-14(21)9-13/h5-9,12,17H,3-4H2,1-2H3,(H2,23,24)/t17-,20+/m0/s1. The molecule has 2 atom stereocenters. The first-order valence-electron chi connectivity index (χ1n) is 8.78. The van der Waals surface area contributed by atoms with Gasteiger partial charge in [-0.1, -0.05) is 11.6 Å². The average Bonchev–Trinajstić information content (AvgIpc) is 3.32. The quantitative estimate of drug-likeness (QED) is 0.849. The maximum atomic E-state index is 12.9. The summed E-state index contributed by atoms with van der Waals surface area (Å²) in [5.41, 5.74) is 6.78. The smallest absolute Gasteiger partial charge is 0.235 e. The molecule has 1 saturated carbocycles. The summed E-state index contributed by atoms with van der Waals surface area (Å²) in [6, 6.07) is 11.4. The van der Waals surface area contributed by atoms with Crippen LogP contribution in [0.4, 0.5) is 0 Å². The molecule has 7 heteroatoms. The van der Waals surface area contributed by atoms with E-state index < -0.39 is 5.54 Å². The molecule has 0 saturated heterocycles. The van der Waals surface area contributed by atoms with E-state index in [2.05, 4.69) is 6.07 Å². The molecule has 0 radical (unpaired) electrons. The van der Waals surface area contributed by atoms with Gasteiger partial charge < -0.3 is 5.73 Å². The van der Waals surface area contributed by atoms with Gasteiger partial charge >= 0.3 is 0 Å². The van der Waals surface area contributed by atoms with Crippen molar-refractivity contribution in [3.8, 4) is 16.5 Å². The number of guanidine groups is 1. The molecule has 1 fully saturated rings. The van der Waals surface area contributed by atoms with Gasteiger partial charge in [0, 0.05) is 21.8 Å². The highest BCUT2D eigenvalue weighted by Crippen LogP contribution is 2.52. The van der Waals surface area contributed by atoms with Gasteiger partial charge in [0.05, 0.1) is 17.6 Å². The maximum absolute atomic E-state index is 12.9. The molecule has 0 spiro atoms. The summed E-state index contributed by atoms with van der Waals surface area (Å²) >= 11 is 7.73. The van der Waals surface area contributed by atoms with E-state index in [1.807, 2.05) is 31.2 Å². The van der Waals surface area contributed by atoms with Crippen LogP contribution in [0.15, 0.2) is 35.3 Å². The van der Waals surface area contributed by atoms with Crippen molar-refractivity contribution >= 4 is 34.8 Å². The first kappa shape index (κ1) is 18.0. The number of thiophene rings is 1. The molecule has 0 bridgehead atoms. The van der Waals surface area contributed by atoms with Crippen LogP contribution in [0.3, 0.4) is 0 Å². The number of hydrogen-bond acceptors (Lipinski definition) is 5. The van der Waals surface area contributed by atoms with Crippen LogP contribution in [0.2, 0.25) is 5.02 Å². The minimum absolute atomic E-state index is 0.0389. The minimum atomic E-state index is -0.672. The van der Waals surface area contributed by atoms with Crippen LogP contribution in [0.1, 0.15) is 30.2 Å². The van der Waals surface area contributed by atoms with Gasteiger partial charge in [-0.2, -0.15) is 5.26 Å². The number of halogens is 1. The molecule has 5 nitrogen and oxygen atoms in total. The summed E-state index contributed by atoms with van der Waals surface area (Å²) in [4.78, 5) is 21.1. The van der Waals surface area contributed by atoms with Crippen LogP contribution in [0.5, 0.6) is 0 Å². The number of benzene rings is 1. The van der Waals surface area contributed by atoms with Gasteiger partial charge in [0.1, 0.15) is 5.54 Å². The van der Waals surface area contributed by atoms with E-state index in [1.54, 1.807) is 24.5 Å². The van der Waals surface area contributed by atoms with E-state index in [1.165, 1.54) is 4.90 Å². The fraction of sp³-hybridized carbons (Fsp3) is 0.350. The minimum Gasteiger partial charge on any atom is -0.369 e. The molecule has 2 N–H and O–H groups in total. The molecule has 27 heavy (non-hydrogen) atoms. The van der Waals surface area contributed by atoms with Gasteiger partial charge in [0.25, 0.3) is 0 Å². The molecular formula is C20H19ClN4OS. The van der Waals surface area contributed by atoms with Crippen LogP contribution in [0, 0.1) is 23.2 Å². The first-order chi connectivity index (χ1) is 12.8. The van der Waals surface area contributed by atoms with Gasteiger partial charge in [-0.25, -0.2) is 4.99 Å². The Bertz CT molecular complexity index is 1000. The summed E-state index contributed by atoms with van der Waals surface area (Å²) in [6.45, 7) is 2.00. The summed E-state index contributed by atoms with van der Waals surface area (Å²) in [5, 5.41) is 9.72. The molecule has 1 aliphatic heterocycles. The number of nitrogens with zero attached hydrogens (tertiary/aromatic N) is 3. The SMILES string of the molecule is CN1C(=O)[C@H](C2CC2)[C@@](C)(c2ccc(-c3cc(Cl)cc(C#N)c3)s2)N=C1N. The van der Waals surface area contributed by atoms with Gasteiger partial charge in [0.2, 0.25) is 5.91 Å². The molecule has 2 aromatic rings. The third-order valence-corrected chi connectivity index (χ3v) is 6.98. The van der Waals surface area contributed by atoms with Crippen molar-refractivity contribution in [3.05, 3.63) is 45.8 Å². The number of carbonyl (C=O) groups is 1. The van der Waals surface area contributed by atoms with Gasteiger partial charge in [-0.3, -0.25) is 9.69 Å². The first-order valence-corrected chi connectivity index (χ1v) is 9.97. The van der Waals surface area contributed by atoms with Crippen LogP contribution in [-0.4, -0.2) is 23.8 Å². The van der Waals surface area contributed by atoms with Crippen LogP contribution >= 0.6 is 22.9 Å². The molecule has 1 aliphatic carbocycles. The topological polar surface area (TPSA) is 82.5 Å². The lowest BCUT2D eigenvalue weighted by atomic mass is 9.79. The molecule has 0 unspecified atom stereocenters. The van der Waals surface area contributed by atoms with Crippen molar-refractivity contribution < 1.29 is 4.79 Å². The Labute approximate surface area is 167 Å². The highest BCUT2D eigenvalue weighted by atomic mass is 35.5. The molecule has 2 aliphatic rings. The van der Waals surface area contributed by atoms with Crippen molar-refractivity contribution in [2.45, 2.75) is 25.3 Å². The molecule has 4 rings (SSSR count). The van der Waals surface area contributed by atoms with Crippen molar-refractivity contribution in [3.63, 3.8) is 0 Å². The highest BCUT2D eigenvalue weighted by Gasteiger charge is 2.53. The van der Waals surface area contributed by atoms with Crippen molar-refractivity contribution in [2.24, 2.45) is 22.6 Å². The number of hydrogen-bond donors (Lipinski definition) is 1. The number of carbonyl (C=O) groups excluding carboxylic acids is 1. The third-order valence-electron chi connectivity index (χ3n) is 5.40. The Hall–Kier alpha value is -2.36. The Morgan fingerprint density at radius 1 is 1.37 bits per heavy atom. The van der Waals surface area contributed by atoms with Gasteiger partial charge in [0.15, 0.2) is 5.96 Å². The monoisotopic (exact) mass is 398 g/mol. The van der Waals surface area contributed by atoms with Crippen molar-refractivity contribution in [1.82, 2.24) is 4.90 Å². The average molecular weight is 399 g/mol. The Morgan fingerprint density at radius 2 is 2.11 bits per heavy atom. The molecule has 1 amide bonds. The summed E-state index contributed by atoms with van der Waals surface area (Å²) in [6.07, 6.45) is 2.10. The Morgan fingerprint density at radius 3 is 2.78 bits per heavy atom. The van der Waals surface area contributed by atoms with E-state index in [0.29, 0.717) is 16.5 Å². The van der Waals surface area contributed by atoms with Gasteiger partial charge in [-0.05, 0) is 61.6 Å². The van der Waals surface area contributed by atoms with Crippen LogP contribution < -0.4 is 5.73 Å². The number of rotatable bonds is 3. The fourth-order valence-corrected chi connectivity index (χ4v) is 5.16. The number of amides is 1. The third kappa shape index (κ3) is 3.01. The van der Waals surface area contributed by atoms with E-state index in [4.69, 9.17) is 22.3 Å². The summed E-state index contributed by atoms with van der Waals surface area (Å²) < 4.78 is 0. The molecule has 138 valence electrons. The highest BCUT2D eigenvalue weighted by molar-refractivity contribution is 7.15. The maximum Gasteiger partial charge on any atom is 0.235 e. The van der Waals surface area contributed by atoms with Crippen LogP contribution in [0.25, 0.3) is 10.4 Å². The second-order valence-corrected chi connectivity index (χ2v) is 8.85. The van der Waals surface area contributed by atoms with E-state index in [9.17, 15) is 10.1 Å². The fourth-order valence-electron chi connectivity index (χ4n) is 3.80. The number of nitrogens with two attached hydrogens (primary N) is 1. The predicted octanol–water partition coefficient (Wildman–Crippen LogP) is 3.97. The van der Waals surface area contributed by atoms with Gasteiger partial charge in [-0.15, -0.1) is 11.3 Å². The normalized spacial score (nSPS) is 25.3. The van der Waals surface area contributed by atoms with Crippen molar-refractivity contribution in [2.75, 3.05) is 7.05 Å². The summed E-state index contributed by atoms with van der Waals surface area (Å²) in [7, 11) is 1.69. The largest absolute Gasteiger partial charge is 0.369 e. The second kappa shape index (κ2) is 6.36. The number of aliphatic imine (C=N–C) groups is 1. The Kier molecular flexibility index (Phi) is 4.25. The van der Waals surface area contributed by atoms with Crippen LogP contribution in [-0.2, 0) is 10.3 Å². The zero-order chi connectivity index (χ0) is 19.3. The zero-order valence-electron chi connectivity index (χ0n) is 15.1. The Balaban J connectivity index is 1.79. The van der Waals surface area contributed by atoms with E-state index in [-0.39, 0.29) is 17.8 Å². The molecule has 1 aromatic carbocycles. The summed E-state index contributed by atoms with van der Waals surface area (Å²) in [5.74, 6) is 0.444. The molecule has 2 heterocycles.